The SMILES string of the molecule is CNc1ccc(OB(O)O)cc1. The minimum atomic E-state index is -1.76. The van der Waals surface area contributed by atoms with Gasteiger partial charge in [0.2, 0.25) is 0 Å². The molecule has 5 heteroatoms. The van der Waals surface area contributed by atoms with E-state index in [0.717, 1.165) is 5.69 Å². The predicted molar refractivity (Wildman–Crippen MR) is 46.8 cm³/mol. The smallest absolute Gasteiger partial charge is 0.512 e. The molecule has 0 aliphatic carbocycles. The molecular formula is C7H10BNO3. The molecule has 1 rings (SSSR count). The first-order chi connectivity index (χ1) is 5.72. The van der Waals surface area contributed by atoms with E-state index >= 15 is 0 Å². The standard InChI is InChI=1S/C7H10BNO3/c1-9-6-2-4-7(5-3-6)12-8(10)11/h2-5,9-11H,1H3. The Balaban J connectivity index is 2.65. The Hall–Kier alpha value is -1.20. The fourth-order valence-electron chi connectivity index (χ4n) is 0.822. The Labute approximate surface area is 71.0 Å². The Morgan fingerprint density at radius 2 is 1.83 bits per heavy atom. The summed E-state index contributed by atoms with van der Waals surface area (Å²) in [5.74, 6) is 0.420. The van der Waals surface area contributed by atoms with Crippen molar-refractivity contribution in [3.63, 3.8) is 0 Å². The van der Waals surface area contributed by atoms with E-state index in [4.69, 9.17) is 10.0 Å². The van der Waals surface area contributed by atoms with Gasteiger partial charge in [-0.05, 0) is 24.3 Å². The van der Waals surface area contributed by atoms with Crippen LogP contribution in [0.1, 0.15) is 0 Å². The molecule has 0 heterocycles. The molecular weight excluding hydrogens is 157 g/mol. The Morgan fingerprint density at radius 1 is 1.25 bits per heavy atom. The third kappa shape index (κ3) is 2.45. The molecule has 0 saturated carbocycles. The van der Waals surface area contributed by atoms with E-state index in [1.807, 2.05) is 0 Å². The van der Waals surface area contributed by atoms with Gasteiger partial charge in [0.1, 0.15) is 5.75 Å². The van der Waals surface area contributed by atoms with Crippen molar-refractivity contribution in [2.45, 2.75) is 0 Å². The van der Waals surface area contributed by atoms with Crippen molar-refractivity contribution in [1.29, 1.82) is 0 Å². The summed E-state index contributed by atoms with van der Waals surface area (Å²) in [5, 5.41) is 19.8. The van der Waals surface area contributed by atoms with Crippen molar-refractivity contribution in [2.75, 3.05) is 12.4 Å². The summed E-state index contributed by atoms with van der Waals surface area (Å²) in [6, 6.07) is 6.84. The van der Waals surface area contributed by atoms with Gasteiger partial charge in [-0.1, -0.05) is 0 Å². The van der Waals surface area contributed by atoms with Crippen molar-refractivity contribution in [2.24, 2.45) is 0 Å². The van der Waals surface area contributed by atoms with E-state index < -0.39 is 7.32 Å². The topological polar surface area (TPSA) is 61.7 Å². The lowest BCUT2D eigenvalue weighted by Crippen LogP contribution is -2.20. The maximum absolute atomic E-state index is 8.45. The lowest BCUT2D eigenvalue weighted by atomic mass is 10.2. The van der Waals surface area contributed by atoms with Crippen LogP contribution < -0.4 is 9.97 Å². The van der Waals surface area contributed by atoms with Crippen LogP contribution in [0.25, 0.3) is 0 Å². The molecule has 0 aromatic heterocycles. The van der Waals surface area contributed by atoms with E-state index in [9.17, 15) is 0 Å². The lowest BCUT2D eigenvalue weighted by Gasteiger charge is -2.05. The van der Waals surface area contributed by atoms with Crippen molar-refractivity contribution in [3.8, 4) is 5.75 Å². The second-order valence-electron chi connectivity index (χ2n) is 2.22. The summed E-state index contributed by atoms with van der Waals surface area (Å²) >= 11 is 0. The fourth-order valence-corrected chi connectivity index (χ4v) is 0.822. The average molecular weight is 167 g/mol. The monoisotopic (exact) mass is 167 g/mol. The van der Waals surface area contributed by atoms with Crippen LogP contribution in [0, 0.1) is 0 Å². The maximum Gasteiger partial charge on any atom is 0.707 e. The van der Waals surface area contributed by atoms with Gasteiger partial charge in [0.25, 0.3) is 0 Å². The molecule has 64 valence electrons. The molecule has 1 aromatic carbocycles. The molecule has 0 spiro atoms. The molecule has 4 nitrogen and oxygen atoms in total. The summed E-state index contributed by atoms with van der Waals surface area (Å²) in [5.41, 5.74) is 0.940. The largest absolute Gasteiger partial charge is 0.707 e. The van der Waals surface area contributed by atoms with Gasteiger partial charge >= 0.3 is 7.32 Å². The summed E-state index contributed by atoms with van der Waals surface area (Å²) in [4.78, 5) is 0. The van der Waals surface area contributed by atoms with Crippen molar-refractivity contribution in [3.05, 3.63) is 24.3 Å². The summed E-state index contributed by atoms with van der Waals surface area (Å²) in [6.45, 7) is 0. The van der Waals surface area contributed by atoms with Gasteiger partial charge < -0.3 is 20.0 Å². The van der Waals surface area contributed by atoms with E-state index in [-0.39, 0.29) is 0 Å². The van der Waals surface area contributed by atoms with Crippen LogP contribution in [0.15, 0.2) is 24.3 Å². The first kappa shape index (κ1) is 8.90. The minimum absolute atomic E-state index is 0.420. The van der Waals surface area contributed by atoms with Gasteiger partial charge in [0, 0.05) is 12.7 Å². The van der Waals surface area contributed by atoms with Crippen LogP contribution in [0.3, 0.4) is 0 Å². The molecule has 3 N–H and O–H groups in total. The van der Waals surface area contributed by atoms with E-state index in [1.54, 1.807) is 31.3 Å². The van der Waals surface area contributed by atoms with Crippen LogP contribution in [0.2, 0.25) is 0 Å². The van der Waals surface area contributed by atoms with Gasteiger partial charge in [0.15, 0.2) is 0 Å². The number of hydrogen-bond acceptors (Lipinski definition) is 4. The molecule has 0 saturated heterocycles. The Bertz CT molecular complexity index is 237. The molecule has 1 aromatic rings. The molecule has 0 radical (unpaired) electrons. The second kappa shape index (κ2) is 3.99. The van der Waals surface area contributed by atoms with Crippen LogP contribution in [0.5, 0.6) is 5.75 Å². The minimum Gasteiger partial charge on any atom is -0.512 e. The highest BCUT2D eigenvalue weighted by atomic mass is 16.6. The van der Waals surface area contributed by atoms with E-state index in [1.165, 1.54) is 0 Å². The highest BCUT2D eigenvalue weighted by molar-refractivity contribution is 6.33. The lowest BCUT2D eigenvalue weighted by molar-refractivity contribution is 0.288. The first-order valence-electron chi connectivity index (χ1n) is 3.53. The highest BCUT2D eigenvalue weighted by Crippen LogP contribution is 2.14. The van der Waals surface area contributed by atoms with Crippen LogP contribution in [0.4, 0.5) is 5.69 Å². The number of rotatable bonds is 3. The molecule has 0 atom stereocenters. The first-order valence-corrected chi connectivity index (χ1v) is 3.53. The number of nitrogens with one attached hydrogen (secondary N) is 1. The summed E-state index contributed by atoms with van der Waals surface area (Å²) in [7, 11) is 0.0435. The van der Waals surface area contributed by atoms with Crippen molar-refractivity contribution >= 4 is 13.0 Å². The number of hydrogen-bond donors (Lipinski definition) is 3. The molecule has 0 aliphatic heterocycles. The molecule has 0 unspecified atom stereocenters. The van der Waals surface area contributed by atoms with Gasteiger partial charge in [-0.15, -0.1) is 0 Å². The van der Waals surface area contributed by atoms with Gasteiger partial charge in [-0.3, -0.25) is 0 Å². The van der Waals surface area contributed by atoms with Crippen LogP contribution >= 0.6 is 0 Å². The van der Waals surface area contributed by atoms with E-state index in [2.05, 4.69) is 9.97 Å². The zero-order valence-electron chi connectivity index (χ0n) is 6.69. The van der Waals surface area contributed by atoms with Crippen molar-refractivity contribution in [1.82, 2.24) is 0 Å². The molecule has 0 amide bonds. The maximum atomic E-state index is 8.45. The quantitative estimate of drug-likeness (QED) is 0.557. The molecule has 0 fully saturated rings. The third-order valence-corrected chi connectivity index (χ3v) is 1.38. The fraction of sp³-hybridized carbons (Fsp3) is 0.143. The number of benzene rings is 1. The van der Waals surface area contributed by atoms with Crippen molar-refractivity contribution < 1.29 is 14.7 Å². The van der Waals surface area contributed by atoms with E-state index in [0.29, 0.717) is 5.75 Å². The Morgan fingerprint density at radius 3 is 2.25 bits per heavy atom. The van der Waals surface area contributed by atoms with Gasteiger partial charge in [-0.25, -0.2) is 0 Å². The third-order valence-electron chi connectivity index (χ3n) is 1.38. The normalized spacial score (nSPS) is 9.25. The van der Waals surface area contributed by atoms with Gasteiger partial charge in [0.05, 0.1) is 0 Å². The number of anilines is 1. The van der Waals surface area contributed by atoms with Crippen LogP contribution in [-0.2, 0) is 0 Å². The predicted octanol–water partition coefficient (Wildman–Crippen LogP) is 0.0766. The molecule has 12 heavy (non-hydrogen) atoms. The highest BCUT2D eigenvalue weighted by Gasteiger charge is 2.10. The van der Waals surface area contributed by atoms with Gasteiger partial charge in [-0.2, -0.15) is 0 Å². The summed E-state index contributed by atoms with van der Waals surface area (Å²) in [6.07, 6.45) is 0. The molecule has 0 bridgehead atoms. The average Bonchev–Trinajstić information content (AvgIpc) is 2.05. The molecule has 0 aliphatic rings. The summed E-state index contributed by atoms with van der Waals surface area (Å²) < 4.78 is 4.60. The Kier molecular flexibility index (Phi) is 2.96. The zero-order valence-corrected chi connectivity index (χ0v) is 6.69. The second-order valence-corrected chi connectivity index (χ2v) is 2.22. The van der Waals surface area contributed by atoms with Crippen LogP contribution in [-0.4, -0.2) is 24.4 Å². The zero-order chi connectivity index (χ0) is 8.97.